The number of ketones is 1. The molecular weight excluding hydrogens is 288 g/mol. The minimum Gasteiger partial charge on any atom is -0.292 e. The first kappa shape index (κ1) is 14.2. The molecular formula is C13H17ClO2S2. The highest BCUT2D eigenvalue weighted by Crippen LogP contribution is 2.28. The molecule has 1 aromatic heterocycles. The van der Waals surface area contributed by atoms with E-state index in [1.54, 1.807) is 12.1 Å². The van der Waals surface area contributed by atoms with Crippen LogP contribution in [-0.2, 0) is 10.8 Å². The predicted octanol–water partition coefficient (Wildman–Crippen LogP) is 3.91. The van der Waals surface area contributed by atoms with Crippen molar-refractivity contribution in [1.29, 1.82) is 0 Å². The summed E-state index contributed by atoms with van der Waals surface area (Å²) in [6.07, 6.45) is 4.35. The maximum atomic E-state index is 12.2. The fourth-order valence-electron chi connectivity index (χ4n) is 2.40. The highest BCUT2D eigenvalue weighted by molar-refractivity contribution is 7.86. The Kier molecular flexibility index (Phi) is 4.98. The first-order valence-corrected chi connectivity index (χ1v) is 8.79. The molecule has 1 aromatic rings. The van der Waals surface area contributed by atoms with Crippen molar-refractivity contribution in [2.45, 2.75) is 37.9 Å². The summed E-state index contributed by atoms with van der Waals surface area (Å²) in [6, 6.07) is 3.43. The monoisotopic (exact) mass is 304 g/mol. The van der Waals surface area contributed by atoms with Gasteiger partial charge >= 0.3 is 0 Å². The molecule has 1 saturated carbocycles. The van der Waals surface area contributed by atoms with Crippen LogP contribution in [0, 0.1) is 5.92 Å². The van der Waals surface area contributed by atoms with Crippen LogP contribution >= 0.6 is 22.9 Å². The second-order valence-corrected chi connectivity index (χ2v) is 8.38. The lowest BCUT2D eigenvalue weighted by molar-refractivity contribution is 0.102. The summed E-state index contributed by atoms with van der Waals surface area (Å²) in [6.45, 7) is 2.20. The molecule has 0 amide bonds. The Bertz CT molecular complexity index is 456. The number of rotatable bonds is 4. The van der Waals surface area contributed by atoms with Gasteiger partial charge in [-0.25, -0.2) is 0 Å². The van der Waals surface area contributed by atoms with E-state index in [0.717, 1.165) is 19.3 Å². The van der Waals surface area contributed by atoms with Crippen molar-refractivity contribution in [3.8, 4) is 0 Å². The van der Waals surface area contributed by atoms with E-state index in [4.69, 9.17) is 11.6 Å². The summed E-state index contributed by atoms with van der Waals surface area (Å²) < 4.78 is 12.8. The molecule has 2 rings (SSSR count). The average Bonchev–Trinajstić information content (AvgIpc) is 2.76. The Hall–Kier alpha value is -0.190. The van der Waals surface area contributed by atoms with Crippen molar-refractivity contribution in [3.63, 3.8) is 0 Å². The smallest absolute Gasteiger partial charge is 0.185 e. The summed E-state index contributed by atoms with van der Waals surface area (Å²) in [4.78, 5) is 12.6. The molecule has 0 spiro atoms. The number of hydrogen-bond acceptors (Lipinski definition) is 3. The molecule has 0 aliphatic heterocycles. The number of carbonyl (C=O) groups is 1. The number of hydrogen-bond donors (Lipinski definition) is 0. The lowest BCUT2D eigenvalue weighted by Crippen LogP contribution is -2.27. The van der Waals surface area contributed by atoms with Crippen molar-refractivity contribution < 1.29 is 9.00 Å². The van der Waals surface area contributed by atoms with Gasteiger partial charge in [0.1, 0.15) is 0 Å². The number of thiophene rings is 1. The molecule has 18 heavy (non-hydrogen) atoms. The van der Waals surface area contributed by atoms with Gasteiger partial charge in [0.2, 0.25) is 0 Å². The van der Waals surface area contributed by atoms with Crippen LogP contribution in [0.2, 0.25) is 4.34 Å². The summed E-state index contributed by atoms with van der Waals surface area (Å²) in [5, 5.41) is 0.202. The topological polar surface area (TPSA) is 34.1 Å². The van der Waals surface area contributed by atoms with E-state index in [-0.39, 0.29) is 16.8 Å². The zero-order valence-corrected chi connectivity index (χ0v) is 12.7. The van der Waals surface area contributed by atoms with Gasteiger partial charge in [0, 0.05) is 16.0 Å². The van der Waals surface area contributed by atoms with E-state index < -0.39 is 10.8 Å². The Balaban J connectivity index is 1.92. The molecule has 5 heteroatoms. The van der Waals surface area contributed by atoms with Crippen LogP contribution in [0.15, 0.2) is 12.1 Å². The Morgan fingerprint density at radius 2 is 2.28 bits per heavy atom. The second-order valence-electron chi connectivity index (χ2n) is 4.95. The quantitative estimate of drug-likeness (QED) is 0.790. The molecule has 0 radical (unpaired) electrons. The van der Waals surface area contributed by atoms with Gasteiger partial charge in [-0.05, 0) is 30.9 Å². The van der Waals surface area contributed by atoms with E-state index in [1.165, 1.54) is 17.8 Å². The predicted molar refractivity (Wildman–Crippen MR) is 78.1 cm³/mol. The molecule has 2 nitrogen and oxygen atoms in total. The minimum atomic E-state index is -1.03. The highest BCUT2D eigenvalue weighted by Gasteiger charge is 2.25. The molecule has 3 unspecified atom stereocenters. The van der Waals surface area contributed by atoms with Crippen molar-refractivity contribution in [2.24, 2.45) is 5.92 Å². The largest absolute Gasteiger partial charge is 0.292 e. The zero-order chi connectivity index (χ0) is 13.1. The number of carbonyl (C=O) groups excluding carboxylic acids is 1. The molecule has 0 saturated heterocycles. The molecule has 3 atom stereocenters. The highest BCUT2D eigenvalue weighted by atomic mass is 35.5. The van der Waals surface area contributed by atoms with Gasteiger partial charge in [0.25, 0.3) is 0 Å². The van der Waals surface area contributed by atoms with Crippen LogP contribution in [0.5, 0.6) is 0 Å². The first-order chi connectivity index (χ1) is 8.56. The van der Waals surface area contributed by atoms with Gasteiger partial charge in [-0.2, -0.15) is 0 Å². The van der Waals surface area contributed by atoms with Crippen molar-refractivity contribution in [1.82, 2.24) is 0 Å². The fraction of sp³-hybridized carbons (Fsp3) is 0.615. The molecule has 1 fully saturated rings. The Labute approximate surface area is 119 Å². The molecule has 1 aliphatic carbocycles. The lowest BCUT2D eigenvalue weighted by Gasteiger charge is -2.25. The van der Waals surface area contributed by atoms with Gasteiger partial charge < -0.3 is 0 Å². The molecule has 0 bridgehead atoms. The third-order valence-electron chi connectivity index (χ3n) is 3.38. The maximum Gasteiger partial charge on any atom is 0.185 e. The van der Waals surface area contributed by atoms with E-state index in [1.807, 2.05) is 0 Å². The summed E-state index contributed by atoms with van der Waals surface area (Å²) in [5.41, 5.74) is 0. The third kappa shape index (κ3) is 3.65. The van der Waals surface area contributed by atoms with E-state index in [0.29, 0.717) is 15.1 Å². The lowest BCUT2D eigenvalue weighted by atomic mass is 9.91. The molecule has 100 valence electrons. The van der Waals surface area contributed by atoms with Gasteiger partial charge in [0.15, 0.2) is 5.78 Å². The zero-order valence-electron chi connectivity index (χ0n) is 10.4. The van der Waals surface area contributed by atoms with Gasteiger partial charge in [-0.3, -0.25) is 9.00 Å². The first-order valence-electron chi connectivity index (χ1n) is 6.22. The number of halogens is 1. The molecule has 0 aromatic carbocycles. The van der Waals surface area contributed by atoms with Crippen LogP contribution < -0.4 is 0 Å². The van der Waals surface area contributed by atoms with Crippen LogP contribution in [0.25, 0.3) is 0 Å². The molecule has 1 aliphatic rings. The molecule has 1 heterocycles. The number of Topliss-reactive ketones (excluding diaryl/α,β-unsaturated/α-hetero) is 1. The van der Waals surface area contributed by atoms with Crippen LogP contribution in [0.1, 0.15) is 42.3 Å². The standard InChI is InChI=1S/C13H17ClO2S2/c1-9-3-2-4-10(7-9)18(16)8-11(15)12-5-6-13(14)17-12/h5-6,9-10H,2-4,7-8H2,1H3. The SMILES string of the molecule is CC1CCCC(S(=O)CC(=O)c2ccc(Cl)s2)C1. The van der Waals surface area contributed by atoms with Gasteiger partial charge in [0.05, 0.1) is 15.0 Å². The maximum absolute atomic E-state index is 12.2. The molecule has 0 N–H and O–H groups in total. The normalized spacial score (nSPS) is 25.9. The summed E-state index contributed by atoms with van der Waals surface area (Å²) in [7, 11) is -1.03. The van der Waals surface area contributed by atoms with Crippen LogP contribution in [0.3, 0.4) is 0 Å². The van der Waals surface area contributed by atoms with E-state index in [2.05, 4.69) is 6.92 Å². The van der Waals surface area contributed by atoms with Gasteiger partial charge in [-0.1, -0.05) is 31.4 Å². The third-order valence-corrected chi connectivity index (χ3v) is 6.37. The fourth-order valence-corrected chi connectivity index (χ4v) is 5.09. The second kappa shape index (κ2) is 6.31. The van der Waals surface area contributed by atoms with E-state index >= 15 is 0 Å². The van der Waals surface area contributed by atoms with Crippen LogP contribution in [0.4, 0.5) is 0 Å². The van der Waals surface area contributed by atoms with Crippen molar-refractivity contribution in [3.05, 3.63) is 21.3 Å². The Morgan fingerprint density at radius 1 is 1.50 bits per heavy atom. The summed E-state index contributed by atoms with van der Waals surface area (Å²) in [5.74, 6) is 0.747. The van der Waals surface area contributed by atoms with Crippen molar-refractivity contribution >= 4 is 39.5 Å². The van der Waals surface area contributed by atoms with Gasteiger partial charge in [-0.15, -0.1) is 11.3 Å². The van der Waals surface area contributed by atoms with E-state index in [9.17, 15) is 9.00 Å². The summed E-state index contributed by atoms with van der Waals surface area (Å²) >= 11 is 7.07. The minimum absolute atomic E-state index is 0.0385. The van der Waals surface area contributed by atoms with Crippen molar-refractivity contribution in [2.75, 3.05) is 5.75 Å². The average molecular weight is 305 g/mol. The Morgan fingerprint density at radius 3 is 2.89 bits per heavy atom. The van der Waals surface area contributed by atoms with Crippen LogP contribution in [-0.4, -0.2) is 21.0 Å².